The first kappa shape index (κ1) is 17.0. The van der Waals surface area contributed by atoms with Gasteiger partial charge < -0.3 is 15.3 Å². The van der Waals surface area contributed by atoms with Crippen LogP contribution in [0.3, 0.4) is 0 Å². The van der Waals surface area contributed by atoms with Crippen LogP contribution in [-0.2, 0) is 6.18 Å². The Morgan fingerprint density at radius 2 is 1.73 bits per heavy atom. The van der Waals surface area contributed by atoms with Gasteiger partial charge in [0.15, 0.2) is 5.11 Å². The predicted molar refractivity (Wildman–Crippen MR) is 82.8 cm³/mol. The van der Waals surface area contributed by atoms with E-state index < -0.39 is 11.7 Å². The van der Waals surface area contributed by atoms with Crippen molar-refractivity contribution in [1.82, 2.24) is 9.80 Å². The van der Waals surface area contributed by atoms with Gasteiger partial charge in [0.1, 0.15) is 0 Å². The number of aliphatic hydroxyl groups excluding tert-OH is 1. The highest BCUT2D eigenvalue weighted by Crippen LogP contribution is 2.29. The van der Waals surface area contributed by atoms with Crippen molar-refractivity contribution < 1.29 is 18.3 Å². The summed E-state index contributed by atoms with van der Waals surface area (Å²) in [5.74, 6) is 0. The first-order valence-corrected chi connectivity index (χ1v) is 7.37. The summed E-state index contributed by atoms with van der Waals surface area (Å²) in [5.41, 5.74) is -0.141. The molecular weight excluding hydrogens is 315 g/mol. The standard InChI is InChI=1S/C14H18F3N3OS/c15-14(16,17)11-1-3-12(4-2-11)18-13(22)20-7-5-19(6-8-20)9-10-21/h1-4,21H,5-10H2,(H,18,22). The monoisotopic (exact) mass is 333 g/mol. The summed E-state index contributed by atoms with van der Waals surface area (Å²) in [6.07, 6.45) is -4.33. The third kappa shape index (κ3) is 4.56. The highest BCUT2D eigenvalue weighted by molar-refractivity contribution is 7.80. The number of alkyl halides is 3. The zero-order chi connectivity index (χ0) is 16.2. The Balaban J connectivity index is 1.87. The predicted octanol–water partition coefficient (Wildman–Crippen LogP) is 2.01. The molecule has 0 aromatic heterocycles. The van der Waals surface area contributed by atoms with Crippen molar-refractivity contribution in [3.8, 4) is 0 Å². The Morgan fingerprint density at radius 3 is 2.23 bits per heavy atom. The first-order valence-electron chi connectivity index (χ1n) is 6.96. The molecule has 2 rings (SSSR count). The summed E-state index contributed by atoms with van der Waals surface area (Å²) in [7, 11) is 0. The molecular formula is C14H18F3N3OS. The molecule has 0 atom stereocenters. The summed E-state index contributed by atoms with van der Waals surface area (Å²) in [5, 5.41) is 12.4. The molecule has 1 saturated heterocycles. The van der Waals surface area contributed by atoms with Gasteiger partial charge in [-0.2, -0.15) is 13.2 Å². The number of hydrogen-bond donors (Lipinski definition) is 2. The number of aliphatic hydroxyl groups is 1. The van der Waals surface area contributed by atoms with E-state index in [2.05, 4.69) is 10.2 Å². The molecule has 1 aromatic rings. The SMILES string of the molecule is OCCN1CCN(C(=S)Nc2ccc(C(F)(F)F)cc2)CC1. The first-order chi connectivity index (χ1) is 10.4. The van der Waals surface area contributed by atoms with Gasteiger partial charge in [0, 0.05) is 38.4 Å². The van der Waals surface area contributed by atoms with E-state index in [0.717, 1.165) is 38.3 Å². The van der Waals surface area contributed by atoms with Crippen LogP contribution in [0.1, 0.15) is 5.56 Å². The molecule has 8 heteroatoms. The Kier molecular flexibility index (Phi) is 5.60. The molecule has 0 aliphatic carbocycles. The van der Waals surface area contributed by atoms with E-state index in [1.54, 1.807) is 0 Å². The van der Waals surface area contributed by atoms with E-state index in [9.17, 15) is 13.2 Å². The summed E-state index contributed by atoms with van der Waals surface area (Å²) in [6.45, 7) is 3.84. The Morgan fingerprint density at radius 1 is 1.14 bits per heavy atom. The van der Waals surface area contributed by atoms with Gasteiger partial charge in [-0.1, -0.05) is 0 Å². The van der Waals surface area contributed by atoms with E-state index in [-0.39, 0.29) is 6.61 Å². The zero-order valence-electron chi connectivity index (χ0n) is 11.9. The number of halogens is 3. The molecule has 0 amide bonds. The van der Waals surface area contributed by atoms with Crippen LogP contribution in [0.5, 0.6) is 0 Å². The molecule has 0 unspecified atom stereocenters. The second-order valence-electron chi connectivity index (χ2n) is 5.06. The number of anilines is 1. The van der Waals surface area contributed by atoms with Crippen molar-refractivity contribution in [1.29, 1.82) is 0 Å². The van der Waals surface area contributed by atoms with Crippen LogP contribution in [0.4, 0.5) is 18.9 Å². The van der Waals surface area contributed by atoms with Crippen molar-refractivity contribution >= 4 is 23.0 Å². The molecule has 4 nitrogen and oxygen atoms in total. The minimum atomic E-state index is -4.33. The topological polar surface area (TPSA) is 38.7 Å². The maximum absolute atomic E-state index is 12.5. The molecule has 1 aromatic carbocycles. The fourth-order valence-electron chi connectivity index (χ4n) is 2.26. The van der Waals surface area contributed by atoms with Crippen LogP contribution in [0, 0.1) is 0 Å². The van der Waals surface area contributed by atoms with Gasteiger partial charge in [-0.3, -0.25) is 4.90 Å². The Hall–Kier alpha value is -1.38. The van der Waals surface area contributed by atoms with Gasteiger partial charge in [0.2, 0.25) is 0 Å². The van der Waals surface area contributed by atoms with Gasteiger partial charge in [-0.25, -0.2) is 0 Å². The number of nitrogens with zero attached hydrogens (tertiary/aromatic N) is 2. The number of rotatable bonds is 3. The normalized spacial score (nSPS) is 16.6. The molecule has 1 aliphatic heterocycles. The van der Waals surface area contributed by atoms with E-state index in [1.165, 1.54) is 12.1 Å². The largest absolute Gasteiger partial charge is 0.416 e. The van der Waals surface area contributed by atoms with Gasteiger partial charge in [0.25, 0.3) is 0 Å². The summed E-state index contributed by atoms with van der Waals surface area (Å²) < 4.78 is 37.5. The van der Waals surface area contributed by atoms with Crippen LogP contribution in [0.15, 0.2) is 24.3 Å². The van der Waals surface area contributed by atoms with Crippen LogP contribution >= 0.6 is 12.2 Å². The zero-order valence-corrected chi connectivity index (χ0v) is 12.8. The summed E-state index contributed by atoms with van der Waals surface area (Å²) in [4.78, 5) is 4.11. The number of benzene rings is 1. The van der Waals surface area contributed by atoms with Gasteiger partial charge >= 0.3 is 6.18 Å². The van der Waals surface area contributed by atoms with Crippen LogP contribution < -0.4 is 5.32 Å². The minimum absolute atomic E-state index is 0.133. The maximum atomic E-state index is 12.5. The van der Waals surface area contributed by atoms with Crippen molar-refractivity contribution in [3.05, 3.63) is 29.8 Å². The van der Waals surface area contributed by atoms with Gasteiger partial charge in [0.05, 0.1) is 12.2 Å². The second-order valence-corrected chi connectivity index (χ2v) is 5.44. The quantitative estimate of drug-likeness (QED) is 0.828. The second kappa shape index (κ2) is 7.26. The fraction of sp³-hybridized carbons (Fsp3) is 0.500. The van der Waals surface area contributed by atoms with Crippen LogP contribution in [0.25, 0.3) is 0 Å². The van der Waals surface area contributed by atoms with E-state index in [4.69, 9.17) is 17.3 Å². The highest BCUT2D eigenvalue weighted by atomic mass is 32.1. The Bertz CT molecular complexity index is 499. The van der Waals surface area contributed by atoms with Crippen molar-refractivity contribution in [2.75, 3.05) is 44.6 Å². The molecule has 122 valence electrons. The highest BCUT2D eigenvalue weighted by Gasteiger charge is 2.30. The molecule has 0 bridgehead atoms. The number of β-amino-alcohol motifs (C(OH)–C–C–N with tert-alkyl or cyclic N) is 1. The van der Waals surface area contributed by atoms with E-state index >= 15 is 0 Å². The molecule has 1 fully saturated rings. The minimum Gasteiger partial charge on any atom is -0.395 e. The number of piperazine rings is 1. The fourth-order valence-corrected chi connectivity index (χ4v) is 2.56. The molecule has 0 saturated carbocycles. The van der Waals surface area contributed by atoms with Crippen LogP contribution in [-0.4, -0.2) is 59.3 Å². The molecule has 1 heterocycles. The average molecular weight is 333 g/mol. The summed E-state index contributed by atoms with van der Waals surface area (Å²) in [6, 6.07) is 4.81. The number of nitrogens with one attached hydrogen (secondary N) is 1. The lowest BCUT2D eigenvalue weighted by atomic mass is 10.2. The average Bonchev–Trinajstić information content (AvgIpc) is 2.48. The molecule has 0 radical (unpaired) electrons. The van der Waals surface area contributed by atoms with E-state index in [0.29, 0.717) is 17.3 Å². The lowest BCUT2D eigenvalue weighted by Gasteiger charge is -2.35. The smallest absolute Gasteiger partial charge is 0.395 e. The number of thiocarbonyl (C=S) groups is 1. The lowest BCUT2D eigenvalue weighted by molar-refractivity contribution is -0.137. The lowest BCUT2D eigenvalue weighted by Crippen LogP contribution is -2.50. The van der Waals surface area contributed by atoms with Gasteiger partial charge in [-0.15, -0.1) is 0 Å². The molecule has 2 N–H and O–H groups in total. The van der Waals surface area contributed by atoms with Crippen molar-refractivity contribution in [2.24, 2.45) is 0 Å². The van der Waals surface area contributed by atoms with Crippen LogP contribution in [0.2, 0.25) is 0 Å². The van der Waals surface area contributed by atoms with Crippen molar-refractivity contribution in [3.63, 3.8) is 0 Å². The molecule has 0 spiro atoms. The molecule has 22 heavy (non-hydrogen) atoms. The third-order valence-corrected chi connectivity index (χ3v) is 3.90. The third-order valence-electron chi connectivity index (χ3n) is 3.54. The summed E-state index contributed by atoms with van der Waals surface area (Å²) >= 11 is 5.29. The Labute approximate surface area is 132 Å². The van der Waals surface area contributed by atoms with Crippen molar-refractivity contribution in [2.45, 2.75) is 6.18 Å². The van der Waals surface area contributed by atoms with E-state index in [1.807, 2.05) is 4.90 Å². The maximum Gasteiger partial charge on any atom is 0.416 e. The number of hydrogen-bond acceptors (Lipinski definition) is 3. The molecule has 1 aliphatic rings. The van der Waals surface area contributed by atoms with Gasteiger partial charge in [-0.05, 0) is 36.5 Å².